The normalized spacial score (nSPS) is 13.9. The van der Waals surface area contributed by atoms with Gasteiger partial charge < -0.3 is 0 Å². The Morgan fingerprint density at radius 2 is 1.53 bits per heavy atom. The van der Waals surface area contributed by atoms with Crippen LogP contribution in [0.15, 0.2) is 64.2 Å². The van der Waals surface area contributed by atoms with Gasteiger partial charge in [-0.05, 0) is 113 Å². The average Bonchev–Trinajstić information content (AvgIpc) is 2.72. The van der Waals surface area contributed by atoms with Crippen molar-refractivity contribution in [3.8, 4) is 0 Å². The zero-order valence-electron chi connectivity index (χ0n) is 20.2. The molecule has 2 rings (SSSR count). The molecule has 1 aliphatic rings. The molecule has 0 amide bonds. The average molecular weight is 474 g/mol. The molecule has 30 heavy (non-hydrogen) atoms. The zero-order chi connectivity index (χ0) is 23.1. The van der Waals surface area contributed by atoms with Crippen molar-refractivity contribution < 1.29 is 4.79 Å². The van der Waals surface area contributed by atoms with E-state index < -0.39 is 0 Å². The molecule has 0 saturated heterocycles. The van der Waals surface area contributed by atoms with E-state index in [0.29, 0.717) is 0 Å². The highest BCUT2D eigenvalue weighted by atomic mass is 79.9. The highest BCUT2D eigenvalue weighted by molar-refractivity contribution is 9.10. The molecule has 166 valence electrons. The first-order valence-electron chi connectivity index (χ1n) is 11.1. The second kappa shape index (κ2) is 16.1. The van der Waals surface area contributed by atoms with Crippen molar-refractivity contribution in [3.05, 3.63) is 80.9 Å². The highest BCUT2D eigenvalue weighted by Gasteiger charge is 2.08. The molecule has 0 N–H and O–H groups in total. The molecule has 1 nitrogen and oxygen atoms in total. The Labute approximate surface area is 194 Å². The van der Waals surface area contributed by atoms with Crippen LogP contribution in [-0.4, -0.2) is 5.78 Å². The van der Waals surface area contributed by atoms with Crippen LogP contribution < -0.4 is 0 Å². The van der Waals surface area contributed by atoms with Crippen LogP contribution >= 0.6 is 15.9 Å². The lowest BCUT2D eigenvalue weighted by Gasteiger charge is -2.16. The molecule has 1 aliphatic carbocycles. The number of allylic oxidation sites excluding steroid dienone is 7. The second-order valence-corrected chi connectivity index (χ2v) is 8.77. The molecular formula is C28H41BrO. The Kier molecular flexibility index (Phi) is 15.2. The molecule has 0 bridgehead atoms. The largest absolute Gasteiger partial charge is 0.295 e. The van der Waals surface area contributed by atoms with E-state index in [1.807, 2.05) is 0 Å². The number of rotatable bonds is 5. The maximum atomic E-state index is 9.69. The summed E-state index contributed by atoms with van der Waals surface area (Å²) in [6.07, 6.45) is 15.9. The molecule has 1 aromatic rings. The van der Waals surface area contributed by atoms with Crippen LogP contribution in [0.2, 0.25) is 0 Å². The molecule has 0 aromatic heterocycles. The summed E-state index contributed by atoms with van der Waals surface area (Å²) >= 11 is 3.48. The third-order valence-electron chi connectivity index (χ3n) is 5.15. The van der Waals surface area contributed by atoms with Crippen molar-refractivity contribution in [2.75, 3.05) is 0 Å². The third-order valence-corrected chi connectivity index (χ3v) is 6.00. The number of hydrogen-bond acceptors (Lipinski definition) is 1. The molecule has 0 atom stereocenters. The molecule has 0 heterocycles. The van der Waals surface area contributed by atoms with Gasteiger partial charge in [0.25, 0.3) is 0 Å². The highest BCUT2D eigenvalue weighted by Crippen LogP contribution is 2.27. The van der Waals surface area contributed by atoms with Crippen LogP contribution in [0.5, 0.6) is 0 Å². The Bertz CT molecular complexity index is 728. The molecule has 1 aromatic carbocycles. The van der Waals surface area contributed by atoms with Crippen molar-refractivity contribution in [2.45, 2.75) is 87.0 Å². The number of aryl methyl sites for hydroxylation is 3. The number of halogens is 1. The summed E-state index contributed by atoms with van der Waals surface area (Å²) in [5.74, 6) is 0.0185. The molecule has 0 saturated carbocycles. The summed E-state index contributed by atoms with van der Waals surface area (Å²) in [5.41, 5.74) is 8.69. The van der Waals surface area contributed by atoms with Gasteiger partial charge >= 0.3 is 0 Å². The van der Waals surface area contributed by atoms with Gasteiger partial charge in [-0.15, -0.1) is 0 Å². The van der Waals surface area contributed by atoms with E-state index in [4.69, 9.17) is 0 Å². The van der Waals surface area contributed by atoms with Crippen molar-refractivity contribution >= 4 is 21.7 Å². The topological polar surface area (TPSA) is 17.1 Å². The number of carbonyl (C=O) groups is 1. The van der Waals surface area contributed by atoms with Crippen LogP contribution in [0.4, 0.5) is 0 Å². The maximum Gasteiger partial charge on any atom is 0.152 e. The van der Waals surface area contributed by atoms with E-state index in [0.717, 1.165) is 6.42 Å². The number of benzene rings is 1. The fourth-order valence-electron chi connectivity index (χ4n) is 2.89. The molecule has 0 spiro atoms. The minimum Gasteiger partial charge on any atom is -0.295 e. The molecule has 0 unspecified atom stereocenters. The Hall–Kier alpha value is -1.67. The monoisotopic (exact) mass is 472 g/mol. The summed E-state index contributed by atoms with van der Waals surface area (Å²) in [6.45, 7) is 17.7. The zero-order valence-corrected chi connectivity index (χ0v) is 21.8. The van der Waals surface area contributed by atoms with Gasteiger partial charge in [-0.3, -0.25) is 4.79 Å². The van der Waals surface area contributed by atoms with Crippen LogP contribution in [-0.2, 0) is 4.79 Å². The van der Waals surface area contributed by atoms with Gasteiger partial charge in [-0.1, -0.05) is 66.2 Å². The summed E-state index contributed by atoms with van der Waals surface area (Å²) in [4.78, 5) is 9.69. The lowest BCUT2D eigenvalue weighted by molar-refractivity contribution is -0.112. The molecule has 0 aliphatic heterocycles. The van der Waals surface area contributed by atoms with Gasteiger partial charge in [-0.25, -0.2) is 0 Å². The molecular weight excluding hydrogens is 432 g/mol. The van der Waals surface area contributed by atoms with Crippen LogP contribution in [0.1, 0.15) is 82.9 Å². The van der Waals surface area contributed by atoms with Gasteiger partial charge in [0.05, 0.1) is 0 Å². The number of hydrogen-bond donors (Lipinski definition) is 0. The van der Waals surface area contributed by atoms with E-state index in [2.05, 4.69) is 94.4 Å². The lowest BCUT2D eigenvalue weighted by atomic mass is 9.90. The Balaban J connectivity index is 0.000000481. The number of carbonyl (C=O) groups excluding carboxylic acids is 1. The summed E-state index contributed by atoms with van der Waals surface area (Å²) in [6, 6.07) is 4.35. The third kappa shape index (κ3) is 12.1. The van der Waals surface area contributed by atoms with Gasteiger partial charge in [0, 0.05) is 4.47 Å². The SMILES string of the molecule is C=CC(C)=O.CC/C=C/C1=C(/C=C(\C)CC)CCCC1.Cc1cc(C)c(Br)cc1C. The van der Waals surface area contributed by atoms with Gasteiger partial charge in [0.1, 0.15) is 0 Å². The first-order valence-corrected chi connectivity index (χ1v) is 11.9. The quantitative estimate of drug-likeness (QED) is 0.389. The predicted octanol–water partition coefficient (Wildman–Crippen LogP) is 9.32. The second-order valence-electron chi connectivity index (χ2n) is 7.91. The minimum atomic E-state index is 0.0185. The summed E-state index contributed by atoms with van der Waals surface area (Å²) in [7, 11) is 0. The van der Waals surface area contributed by atoms with Gasteiger partial charge in [0.15, 0.2) is 5.78 Å². The van der Waals surface area contributed by atoms with Crippen molar-refractivity contribution in [1.29, 1.82) is 0 Å². The fraction of sp³-hybridized carbons (Fsp3) is 0.464. The number of ketones is 1. The summed E-state index contributed by atoms with van der Waals surface area (Å²) in [5, 5.41) is 0. The first-order chi connectivity index (χ1) is 14.2. The standard InChI is InChI=1S/C15H24.C9H11Br.C4H6O/c1-4-6-9-14-10-7-8-11-15(14)12-13(3)5-2;1-6-4-8(3)9(10)5-7(6)2;1-3-4(2)5/h6,9,12H,4-5,7-8,10-11H2,1-3H3;4-5H,1-3H3;3H,1H2,2H3/b9-6+,13-12+;;. The molecule has 0 radical (unpaired) electrons. The van der Waals surface area contributed by atoms with Crippen molar-refractivity contribution in [3.63, 3.8) is 0 Å². The van der Waals surface area contributed by atoms with Gasteiger partial charge in [-0.2, -0.15) is 0 Å². The Morgan fingerprint density at radius 3 is 2.00 bits per heavy atom. The van der Waals surface area contributed by atoms with Crippen LogP contribution in [0.25, 0.3) is 0 Å². The van der Waals surface area contributed by atoms with Crippen LogP contribution in [0.3, 0.4) is 0 Å². The van der Waals surface area contributed by atoms with E-state index >= 15 is 0 Å². The van der Waals surface area contributed by atoms with Crippen molar-refractivity contribution in [2.24, 2.45) is 0 Å². The van der Waals surface area contributed by atoms with E-state index in [1.165, 1.54) is 71.8 Å². The smallest absolute Gasteiger partial charge is 0.152 e. The first kappa shape index (κ1) is 28.3. The van der Waals surface area contributed by atoms with Gasteiger partial charge in [0.2, 0.25) is 0 Å². The molecule has 0 fully saturated rings. The fourth-order valence-corrected chi connectivity index (χ4v) is 3.35. The minimum absolute atomic E-state index is 0.0185. The van der Waals surface area contributed by atoms with E-state index in [9.17, 15) is 4.79 Å². The molecule has 2 heteroatoms. The Morgan fingerprint density at radius 1 is 1.00 bits per heavy atom. The maximum absolute atomic E-state index is 9.69. The predicted molar refractivity (Wildman–Crippen MR) is 138 cm³/mol. The lowest BCUT2D eigenvalue weighted by Crippen LogP contribution is -1.96. The van der Waals surface area contributed by atoms with E-state index in [1.54, 1.807) is 11.1 Å². The van der Waals surface area contributed by atoms with E-state index in [-0.39, 0.29) is 5.78 Å². The summed E-state index contributed by atoms with van der Waals surface area (Å²) < 4.78 is 1.20. The van der Waals surface area contributed by atoms with Crippen molar-refractivity contribution in [1.82, 2.24) is 0 Å². The van der Waals surface area contributed by atoms with Crippen LogP contribution in [0, 0.1) is 20.8 Å².